The molecule has 0 radical (unpaired) electrons. The summed E-state index contributed by atoms with van der Waals surface area (Å²) >= 11 is 0. The molecule has 0 saturated heterocycles. The van der Waals surface area contributed by atoms with Crippen molar-refractivity contribution in [1.82, 2.24) is 0 Å². The summed E-state index contributed by atoms with van der Waals surface area (Å²) in [6, 6.07) is 11.3. The van der Waals surface area contributed by atoms with Crippen molar-refractivity contribution in [2.45, 2.75) is 27.2 Å². The Morgan fingerprint density at radius 3 is 2.62 bits per heavy atom. The predicted molar refractivity (Wildman–Crippen MR) is 116 cm³/mol. The molecule has 5 nitrogen and oxygen atoms in total. The number of amides is 1. The number of nitrogens with one attached hydrogen (secondary N) is 1. The van der Waals surface area contributed by atoms with E-state index in [-0.39, 0.29) is 5.57 Å². The number of nitrogens with zero attached hydrogens (tertiary/aromatic N) is 1. The van der Waals surface area contributed by atoms with Crippen LogP contribution in [0.4, 0.5) is 5.69 Å². The van der Waals surface area contributed by atoms with Crippen LogP contribution < -0.4 is 14.8 Å². The number of hydrogen-bond donors (Lipinski definition) is 1. The van der Waals surface area contributed by atoms with Crippen molar-refractivity contribution in [3.8, 4) is 17.6 Å². The number of anilines is 1. The lowest BCUT2D eigenvalue weighted by atomic mass is 10.0. The molecule has 29 heavy (non-hydrogen) atoms. The van der Waals surface area contributed by atoms with Gasteiger partial charge >= 0.3 is 0 Å². The highest BCUT2D eigenvalue weighted by Gasteiger charge is 2.15. The van der Waals surface area contributed by atoms with E-state index in [1.807, 2.05) is 51.1 Å². The van der Waals surface area contributed by atoms with Crippen molar-refractivity contribution in [2.24, 2.45) is 0 Å². The molecule has 0 aromatic heterocycles. The lowest BCUT2D eigenvalue weighted by molar-refractivity contribution is -0.112. The van der Waals surface area contributed by atoms with Gasteiger partial charge in [0.05, 0.1) is 13.7 Å². The van der Waals surface area contributed by atoms with Crippen molar-refractivity contribution < 1.29 is 14.3 Å². The average molecular weight is 390 g/mol. The molecule has 0 atom stereocenters. The molecular weight excluding hydrogens is 364 g/mol. The lowest BCUT2D eigenvalue weighted by Crippen LogP contribution is -2.14. The van der Waals surface area contributed by atoms with Gasteiger partial charge in [-0.2, -0.15) is 5.26 Å². The highest BCUT2D eigenvalue weighted by atomic mass is 16.5. The third-order valence-electron chi connectivity index (χ3n) is 4.33. The summed E-state index contributed by atoms with van der Waals surface area (Å²) in [5, 5.41) is 12.4. The normalized spacial score (nSPS) is 10.8. The SMILES string of the molecule is C=CCc1cc(/C=C(\C#N)C(=O)Nc2ccc(C)cc2C)cc(OCC)c1OC. The number of carbonyl (C=O) groups is 1. The van der Waals surface area contributed by atoms with E-state index in [1.54, 1.807) is 25.3 Å². The standard InChI is InChI=1S/C24H26N2O3/c1-6-8-19-12-18(14-22(29-7-2)23(19)28-5)13-20(15-25)24(27)26-21-10-9-16(3)11-17(21)4/h6,9-14H,1,7-8H2,2-5H3,(H,26,27)/b20-13+. The van der Waals surface area contributed by atoms with Crippen LogP contribution in [0.2, 0.25) is 0 Å². The molecule has 2 aromatic carbocycles. The maximum atomic E-state index is 12.7. The van der Waals surface area contributed by atoms with Crippen LogP contribution >= 0.6 is 0 Å². The molecule has 2 aromatic rings. The van der Waals surface area contributed by atoms with Crippen molar-refractivity contribution in [3.63, 3.8) is 0 Å². The molecule has 150 valence electrons. The molecule has 5 heteroatoms. The number of hydrogen-bond acceptors (Lipinski definition) is 4. The molecule has 0 aliphatic heterocycles. The van der Waals surface area contributed by atoms with Gasteiger partial charge in [-0.1, -0.05) is 23.8 Å². The van der Waals surface area contributed by atoms with Gasteiger partial charge in [0.15, 0.2) is 11.5 Å². The largest absolute Gasteiger partial charge is 0.493 e. The zero-order valence-electron chi connectivity index (χ0n) is 17.3. The first kappa shape index (κ1) is 21.8. The number of nitriles is 1. The van der Waals surface area contributed by atoms with Crippen LogP contribution in [0.5, 0.6) is 11.5 Å². The molecule has 0 unspecified atom stereocenters. The third-order valence-corrected chi connectivity index (χ3v) is 4.33. The highest BCUT2D eigenvalue weighted by molar-refractivity contribution is 6.10. The molecule has 0 fully saturated rings. The second-order valence-electron chi connectivity index (χ2n) is 6.58. The summed E-state index contributed by atoms with van der Waals surface area (Å²) in [6.07, 6.45) is 3.88. The van der Waals surface area contributed by atoms with E-state index in [1.165, 1.54) is 0 Å². The van der Waals surface area contributed by atoms with Crippen LogP contribution in [-0.2, 0) is 11.2 Å². The highest BCUT2D eigenvalue weighted by Crippen LogP contribution is 2.34. The van der Waals surface area contributed by atoms with Gasteiger partial charge in [0.1, 0.15) is 11.6 Å². The molecule has 1 amide bonds. The van der Waals surface area contributed by atoms with Crippen LogP contribution in [0.3, 0.4) is 0 Å². The number of ether oxygens (including phenoxy) is 2. The summed E-state index contributed by atoms with van der Waals surface area (Å²) in [7, 11) is 1.58. The van der Waals surface area contributed by atoms with E-state index in [2.05, 4.69) is 11.9 Å². The minimum Gasteiger partial charge on any atom is -0.493 e. The molecule has 0 bridgehead atoms. The van der Waals surface area contributed by atoms with Crippen molar-refractivity contribution in [1.29, 1.82) is 5.26 Å². The molecule has 2 rings (SSSR count). The summed E-state index contributed by atoms with van der Waals surface area (Å²) in [6.45, 7) is 10.0. The fraction of sp³-hybridized carbons (Fsp3) is 0.250. The van der Waals surface area contributed by atoms with Gasteiger partial charge in [-0.05, 0) is 62.6 Å². The van der Waals surface area contributed by atoms with Crippen LogP contribution in [0.25, 0.3) is 6.08 Å². The fourth-order valence-corrected chi connectivity index (χ4v) is 3.03. The Kier molecular flexibility index (Phi) is 7.62. The Morgan fingerprint density at radius 1 is 1.28 bits per heavy atom. The number of carbonyl (C=O) groups excluding carboxylic acids is 1. The van der Waals surface area contributed by atoms with Gasteiger partial charge in [-0.25, -0.2) is 0 Å². The second kappa shape index (κ2) is 10.1. The Balaban J connectivity index is 2.41. The quantitative estimate of drug-likeness (QED) is 0.392. The Bertz CT molecular complexity index is 984. The maximum Gasteiger partial charge on any atom is 0.266 e. The van der Waals surface area contributed by atoms with E-state index in [4.69, 9.17) is 9.47 Å². The molecule has 0 aliphatic carbocycles. The molecule has 0 saturated carbocycles. The molecule has 0 spiro atoms. The van der Waals surface area contributed by atoms with Gasteiger partial charge in [0.25, 0.3) is 5.91 Å². The van der Waals surface area contributed by atoms with Gasteiger partial charge < -0.3 is 14.8 Å². The third kappa shape index (κ3) is 5.49. The van der Waals surface area contributed by atoms with E-state index in [0.29, 0.717) is 35.8 Å². The first-order valence-corrected chi connectivity index (χ1v) is 9.38. The van der Waals surface area contributed by atoms with Gasteiger partial charge in [0, 0.05) is 11.3 Å². The number of rotatable bonds is 8. The Morgan fingerprint density at radius 2 is 2.03 bits per heavy atom. The maximum absolute atomic E-state index is 12.7. The summed E-state index contributed by atoms with van der Waals surface area (Å²) in [5.41, 5.74) is 4.27. The summed E-state index contributed by atoms with van der Waals surface area (Å²) in [4.78, 5) is 12.7. The summed E-state index contributed by atoms with van der Waals surface area (Å²) < 4.78 is 11.2. The number of allylic oxidation sites excluding steroid dienone is 1. The minimum atomic E-state index is -0.460. The molecule has 1 N–H and O–H groups in total. The predicted octanol–water partition coefficient (Wildman–Crippen LogP) is 4.98. The molecule has 0 heterocycles. The second-order valence-corrected chi connectivity index (χ2v) is 6.58. The summed E-state index contributed by atoms with van der Waals surface area (Å²) in [5.74, 6) is 0.730. The van der Waals surface area contributed by atoms with Crippen molar-refractivity contribution in [2.75, 3.05) is 19.0 Å². The number of benzene rings is 2. The molecular formula is C24H26N2O3. The van der Waals surface area contributed by atoms with Gasteiger partial charge in [-0.15, -0.1) is 6.58 Å². The van der Waals surface area contributed by atoms with E-state index in [9.17, 15) is 10.1 Å². The minimum absolute atomic E-state index is 0.00198. The van der Waals surface area contributed by atoms with Crippen LogP contribution in [0.15, 0.2) is 48.6 Å². The number of aryl methyl sites for hydroxylation is 2. The topological polar surface area (TPSA) is 71.4 Å². The Labute approximate surface area is 172 Å². The number of methoxy groups -OCH3 is 1. The Hall–Kier alpha value is -3.52. The first-order chi connectivity index (χ1) is 13.9. The smallest absolute Gasteiger partial charge is 0.266 e. The first-order valence-electron chi connectivity index (χ1n) is 9.38. The lowest BCUT2D eigenvalue weighted by Gasteiger charge is -2.14. The van der Waals surface area contributed by atoms with Crippen molar-refractivity contribution in [3.05, 3.63) is 70.8 Å². The van der Waals surface area contributed by atoms with Gasteiger partial charge in [0.2, 0.25) is 0 Å². The monoisotopic (exact) mass is 390 g/mol. The van der Waals surface area contributed by atoms with Crippen molar-refractivity contribution >= 4 is 17.7 Å². The van der Waals surface area contributed by atoms with Crippen LogP contribution in [0.1, 0.15) is 29.2 Å². The van der Waals surface area contributed by atoms with Crippen LogP contribution in [0, 0.1) is 25.2 Å². The van der Waals surface area contributed by atoms with Crippen LogP contribution in [-0.4, -0.2) is 19.6 Å². The van der Waals surface area contributed by atoms with E-state index < -0.39 is 5.91 Å². The molecule has 0 aliphatic rings. The van der Waals surface area contributed by atoms with E-state index in [0.717, 1.165) is 16.7 Å². The van der Waals surface area contributed by atoms with E-state index >= 15 is 0 Å². The zero-order valence-corrected chi connectivity index (χ0v) is 17.3. The average Bonchev–Trinajstić information content (AvgIpc) is 2.68. The fourth-order valence-electron chi connectivity index (χ4n) is 3.03. The van der Waals surface area contributed by atoms with Gasteiger partial charge in [-0.3, -0.25) is 4.79 Å². The zero-order chi connectivity index (χ0) is 21.4.